The Hall–Kier alpha value is -0.960. The van der Waals surface area contributed by atoms with E-state index < -0.39 is 0 Å². The summed E-state index contributed by atoms with van der Waals surface area (Å²) in [6.07, 6.45) is 7.01. The number of benzene rings is 1. The second-order valence-electron chi connectivity index (χ2n) is 6.66. The Labute approximate surface area is 132 Å². The molecule has 1 aromatic rings. The average Bonchev–Trinajstić information content (AvgIpc) is 2.56. The Morgan fingerprint density at radius 1 is 1.19 bits per heavy atom. The van der Waals surface area contributed by atoms with Crippen molar-refractivity contribution in [2.45, 2.75) is 44.9 Å². The lowest BCUT2D eigenvalue weighted by Crippen LogP contribution is -2.37. The Morgan fingerprint density at radius 2 is 1.95 bits per heavy atom. The molecule has 21 heavy (non-hydrogen) atoms. The fraction of sp³-hybridized carbons (Fsp3) is 0.611. The Balaban J connectivity index is 1.50. The smallest absolute Gasteiger partial charge is 0.156 e. The first-order valence-corrected chi connectivity index (χ1v) is 9.22. The van der Waals surface area contributed by atoms with E-state index in [2.05, 4.69) is 42.6 Å². The predicted octanol–water partition coefficient (Wildman–Crippen LogP) is 4.43. The minimum Gasteiger partial charge on any atom is -0.364 e. The summed E-state index contributed by atoms with van der Waals surface area (Å²) in [5, 5.41) is 4.72. The molecule has 0 saturated heterocycles. The molecule has 0 bridgehead atoms. The molecule has 114 valence electrons. The van der Waals surface area contributed by atoms with Gasteiger partial charge < -0.3 is 5.32 Å². The molecule has 2 nitrogen and oxygen atoms in total. The molecule has 1 heterocycles. The molecule has 0 radical (unpaired) electrons. The van der Waals surface area contributed by atoms with Gasteiger partial charge in [-0.1, -0.05) is 68.3 Å². The third-order valence-electron chi connectivity index (χ3n) is 4.92. The summed E-state index contributed by atoms with van der Waals surface area (Å²) in [7, 11) is 0. The lowest BCUT2D eigenvalue weighted by Gasteiger charge is -2.38. The second-order valence-corrected chi connectivity index (χ2v) is 7.63. The monoisotopic (exact) mass is 302 g/mol. The number of hydrogen-bond donors (Lipinski definition) is 1. The van der Waals surface area contributed by atoms with Crippen molar-refractivity contribution in [2.75, 3.05) is 18.8 Å². The van der Waals surface area contributed by atoms with Crippen LogP contribution in [0.2, 0.25) is 0 Å². The summed E-state index contributed by atoms with van der Waals surface area (Å²) in [6, 6.07) is 10.7. The van der Waals surface area contributed by atoms with Crippen molar-refractivity contribution in [3.05, 3.63) is 35.9 Å². The summed E-state index contributed by atoms with van der Waals surface area (Å²) in [5.41, 5.74) is 1.93. The third-order valence-corrected chi connectivity index (χ3v) is 6.22. The van der Waals surface area contributed by atoms with Gasteiger partial charge in [0.15, 0.2) is 5.17 Å². The number of amidine groups is 1. The highest BCUT2D eigenvalue weighted by atomic mass is 32.2. The normalized spacial score (nSPS) is 22.6. The topological polar surface area (TPSA) is 24.4 Å². The van der Waals surface area contributed by atoms with Gasteiger partial charge >= 0.3 is 0 Å². The van der Waals surface area contributed by atoms with Gasteiger partial charge in [0, 0.05) is 18.8 Å². The van der Waals surface area contributed by atoms with Gasteiger partial charge in [-0.15, -0.1) is 0 Å². The lowest BCUT2D eigenvalue weighted by molar-refractivity contribution is 0.232. The number of thioether (sulfide) groups is 1. The highest BCUT2D eigenvalue weighted by Crippen LogP contribution is 2.41. The van der Waals surface area contributed by atoms with Gasteiger partial charge in [-0.2, -0.15) is 0 Å². The molecule has 1 aliphatic heterocycles. The van der Waals surface area contributed by atoms with Crippen LogP contribution in [-0.4, -0.2) is 24.0 Å². The van der Waals surface area contributed by atoms with Crippen molar-refractivity contribution in [1.82, 2.24) is 5.32 Å². The van der Waals surface area contributed by atoms with Crippen LogP contribution in [0.3, 0.4) is 0 Å². The van der Waals surface area contributed by atoms with E-state index in [1.54, 1.807) is 0 Å². The quantitative estimate of drug-likeness (QED) is 0.893. The predicted molar refractivity (Wildman–Crippen MR) is 93.1 cm³/mol. The molecule has 1 unspecified atom stereocenters. The Morgan fingerprint density at radius 3 is 2.62 bits per heavy atom. The molecule has 1 aromatic carbocycles. The molecule has 1 saturated carbocycles. The molecule has 1 atom stereocenters. The van der Waals surface area contributed by atoms with Crippen molar-refractivity contribution in [2.24, 2.45) is 10.4 Å². The van der Waals surface area contributed by atoms with Gasteiger partial charge in [-0.3, -0.25) is 4.99 Å². The third kappa shape index (κ3) is 3.82. The van der Waals surface area contributed by atoms with Crippen LogP contribution in [0.5, 0.6) is 0 Å². The SMILES string of the molecule is CC(CNC1=NCC2(CCCCC2)CS1)c1ccccc1. The van der Waals surface area contributed by atoms with E-state index in [0.717, 1.165) is 18.3 Å². The molecule has 1 aliphatic carbocycles. The zero-order valence-electron chi connectivity index (χ0n) is 13.0. The van der Waals surface area contributed by atoms with Crippen LogP contribution in [0.15, 0.2) is 35.3 Å². The maximum Gasteiger partial charge on any atom is 0.156 e. The van der Waals surface area contributed by atoms with Crippen molar-refractivity contribution < 1.29 is 0 Å². The maximum absolute atomic E-state index is 4.84. The van der Waals surface area contributed by atoms with E-state index in [1.807, 2.05) is 11.8 Å². The van der Waals surface area contributed by atoms with Crippen LogP contribution in [0, 0.1) is 5.41 Å². The standard InChI is InChI=1S/C18H26N2S/c1-15(16-8-4-2-5-9-16)12-19-17-20-13-18(14-21-17)10-6-3-7-11-18/h2,4-5,8-9,15H,3,6-7,10-14H2,1H3,(H,19,20). The van der Waals surface area contributed by atoms with Gasteiger partial charge in [-0.05, 0) is 29.7 Å². The summed E-state index contributed by atoms with van der Waals surface area (Å²) >= 11 is 1.94. The van der Waals surface area contributed by atoms with Gasteiger partial charge in [-0.25, -0.2) is 0 Å². The fourth-order valence-corrected chi connectivity index (χ4v) is 4.57. The summed E-state index contributed by atoms with van der Waals surface area (Å²) in [4.78, 5) is 4.84. The number of aliphatic imine (C=N–C) groups is 1. The van der Waals surface area contributed by atoms with Crippen molar-refractivity contribution >= 4 is 16.9 Å². The zero-order chi connectivity index (χ0) is 14.5. The summed E-state index contributed by atoms with van der Waals surface area (Å²) in [6.45, 7) is 4.30. The van der Waals surface area contributed by atoms with E-state index >= 15 is 0 Å². The number of nitrogens with one attached hydrogen (secondary N) is 1. The van der Waals surface area contributed by atoms with E-state index in [0.29, 0.717) is 11.3 Å². The molecule has 0 aromatic heterocycles. The largest absolute Gasteiger partial charge is 0.364 e. The minimum absolute atomic E-state index is 0.527. The van der Waals surface area contributed by atoms with Gasteiger partial charge in [0.25, 0.3) is 0 Å². The highest BCUT2D eigenvalue weighted by Gasteiger charge is 2.34. The zero-order valence-corrected chi connectivity index (χ0v) is 13.8. The van der Waals surface area contributed by atoms with Gasteiger partial charge in [0.2, 0.25) is 0 Å². The van der Waals surface area contributed by atoms with E-state index in [4.69, 9.17) is 4.99 Å². The van der Waals surface area contributed by atoms with E-state index in [-0.39, 0.29) is 0 Å². The lowest BCUT2D eigenvalue weighted by atomic mass is 9.75. The first-order chi connectivity index (χ1) is 10.3. The van der Waals surface area contributed by atoms with Crippen LogP contribution < -0.4 is 5.32 Å². The fourth-order valence-electron chi connectivity index (χ4n) is 3.40. The first kappa shape index (κ1) is 15.0. The molecule has 3 rings (SSSR count). The molecule has 1 spiro atoms. The number of hydrogen-bond acceptors (Lipinski definition) is 3. The highest BCUT2D eigenvalue weighted by molar-refractivity contribution is 8.13. The molecule has 2 aliphatic rings. The van der Waals surface area contributed by atoms with Gasteiger partial charge in [0.05, 0.1) is 0 Å². The summed E-state index contributed by atoms with van der Waals surface area (Å²) in [5.74, 6) is 1.79. The van der Waals surface area contributed by atoms with E-state index in [9.17, 15) is 0 Å². The minimum atomic E-state index is 0.527. The van der Waals surface area contributed by atoms with Crippen molar-refractivity contribution in [3.63, 3.8) is 0 Å². The molecular formula is C18H26N2S. The Kier molecular flexibility index (Phi) is 4.89. The van der Waals surface area contributed by atoms with Crippen LogP contribution in [0.1, 0.15) is 50.5 Å². The maximum atomic E-state index is 4.84. The number of nitrogens with zero attached hydrogens (tertiary/aromatic N) is 1. The van der Waals surface area contributed by atoms with Gasteiger partial charge in [0.1, 0.15) is 0 Å². The van der Waals surface area contributed by atoms with Crippen molar-refractivity contribution in [3.8, 4) is 0 Å². The first-order valence-electron chi connectivity index (χ1n) is 8.24. The molecule has 1 N–H and O–H groups in total. The van der Waals surface area contributed by atoms with Crippen LogP contribution in [-0.2, 0) is 0 Å². The van der Waals surface area contributed by atoms with Crippen LogP contribution >= 0.6 is 11.8 Å². The molecular weight excluding hydrogens is 276 g/mol. The molecule has 1 fully saturated rings. The average molecular weight is 302 g/mol. The van der Waals surface area contributed by atoms with Crippen LogP contribution in [0.25, 0.3) is 0 Å². The Bertz CT molecular complexity index is 477. The molecule has 0 amide bonds. The van der Waals surface area contributed by atoms with Crippen molar-refractivity contribution in [1.29, 1.82) is 0 Å². The second kappa shape index (κ2) is 6.87. The summed E-state index contributed by atoms with van der Waals surface area (Å²) < 4.78 is 0. The molecule has 3 heteroatoms. The van der Waals surface area contributed by atoms with E-state index in [1.165, 1.54) is 43.4 Å². The number of rotatable bonds is 3. The van der Waals surface area contributed by atoms with Crippen LogP contribution in [0.4, 0.5) is 0 Å².